The molecule has 2 rings (SSSR count). The summed E-state index contributed by atoms with van der Waals surface area (Å²) < 4.78 is 5.14. The summed E-state index contributed by atoms with van der Waals surface area (Å²) in [6.45, 7) is 0.429. The minimum Gasteiger partial charge on any atom is -0.497 e. The van der Waals surface area contributed by atoms with Crippen LogP contribution in [0.15, 0.2) is 42.5 Å². The van der Waals surface area contributed by atoms with Gasteiger partial charge >= 0.3 is 0 Å². The van der Waals surface area contributed by atoms with Crippen LogP contribution in [0.25, 0.3) is 0 Å². The largest absolute Gasteiger partial charge is 0.497 e. The molecule has 0 saturated heterocycles. The van der Waals surface area contributed by atoms with Crippen LogP contribution in [0.2, 0.25) is 10.0 Å². The molecular weight excluding hydrogens is 309 g/mol. The van der Waals surface area contributed by atoms with Crippen molar-refractivity contribution in [1.29, 1.82) is 0 Å². The molecule has 0 atom stereocenters. The van der Waals surface area contributed by atoms with Gasteiger partial charge in [0.15, 0.2) is 0 Å². The van der Waals surface area contributed by atoms with Crippen molar-refractivity contribution < 1.29 is 9.53 Å². The van der Waals surface area contributed by atoms with E-state index in [-0.39, 0.29) is 12.3 Å². The molecule has 1 amide bonds. The molecule has 110 valence electrons. The second-order valence-electron chi connectivity index (χ2n) is 4.51. The molecule has 0 saturated carbocycles. The maximum atomic E-state index is 12.0. The molecule has 0 aromatic heterocycles. The first kappa shape index (κ1) is 15.7. The molecule has 5 heteroatoms. The first-order valence-corrected chi connectivity index (χ1v) is 7.18. The molecule has 0 fully saturated rings. The van der Waals surface area contributed by atoms with Gasteiger partial charge in [-0.2, -0.15) is 0 Å². The zero-order valence-electron chi connectivity index (χ0n) is 11.5. The van der Waals surface area contributed by atoms with E-state index in [0.29, 0.717) is 22.2 Å². The molecule has 0 spiro atoms. The van der Waals surface area contributed by atoms with Crippen LogP contribution in [0.5, 0.6) is 5.75 Å². The number of methoxy groups -OCH3 is 1. The standard InChI is InChI=1S/C16H15Cl2NO2/c1-21-12-5-2-4-11(8-12)10-19-16(20)9-13-14(17)6-3-7-15(13)18/h2-8H,9-10H2,1H3,(H,19,20). The van der Waals surface area contributed by atoms with E-state index in [0.717, 1.165) is 11.3 Å². The Morgan fingerprint density at radius 3 is 2.48 bits per heavy atom. The van der Waals surface area contributed by atoms with Gasteiger partial charge in [0, 0.05) is 16.6 Å². The fourth-order valence-corrected chi connectivity index (χ4v) is 2.44. The van der Waals surface area contributed by atoms with Crippen LogP contribution in [0.3, 0.4) is 0 Å². The number of hydrogen-bond acceptors (Lipinski definition) is 2. The van der Waals surface area contributed by atoms with Gasteiger partial charge in [0.1, 0.15) is 5.75 Å². The van der Waals surface area contributed by atoms with Crippen LogP contribution in [0, 0.1) is 0 Å². The van der Waals surface area contributed by atoms with Crippen molar-refractivity contribution in [2.75, 3.05) is 7.11 Å². The van der Waals surface area contributed by atoms with Gasteiger partial charge in [0.05, 0.1) is 13.5 Å². The van der Waals surface area contributed by atoms with Gasteiger partial charge in [0.2, 0.25) is 5.91 Å². The van der Waals surface area contributed by atoms with E-state index in [2.05, 4.69) is 5.32 Å². The summed E-state index contributed by atoms with van der Waals surface area (Å²) in [6, 6.07) is 12.7. The molecule has 1 N–H and O–H groups in total. The molecule has 2 aromatic rings. The molecule has 0 aliphatic heterocycles. The number of nitrogens with one attached hydrogen (secondary N) is 1. The number of carbonyl (C=O) groups is 1. The average Bonchev–Trinajstić information content (AvgIpc) is 2.49. The summed E-state index contributed by atoms with van der Waals surface area (Å²) in [7, 11) is 1.61. The van der Waals surface area contributed by atoms with Crippen LogP contribution in [0.4, 0.5) is 0 Å². The van der Waals surface area contributed by atoms with Crippen LogP contribution in [-0.4, -0.2) is 13.0 Å². The maximum Gasteiger partial charge on any atom is 0.224 e. The van der Waals surface area contributed by atoms with E-state index < -0.39 is 0 Å². The molecular formula is C16H15Cl2NO2. The van der Waals surface area contributed by atoms with Crippen molar-refractivity contribution in [3.05, 3.63) is 63.6 Å². The quantitative estimate of drug-likeness (QED) is 0.907. The third kappa shape index (κ3) is 4.38. The Morgan fingerprint density at radius 2 is 1.81 bits per heavy atom. The predicted octanol–water partition coefficient (Wildman–Crippen LogP) is 3.86. The lowest BCUT2D eigenvalue weighted by Crippen LogP contribution is -2.24. The average molecular weight is 324 g/mol. The normalized spacial score (nSPS) is 10.2. The predicted molar refractivity (Wildman–Crippen MR) is 85.0 cm³/mol. The van der Waals surface area contributed by atoms with Gasteiger partial charge in [-0.05, 0) is 35.4 Å². The lowest BCUT2D eigenvalue weighted by molar-refractivity contribution is -0.120. The van der Waals surface area contributed by atoms with Gasteiger partial charge in [-0.25, -0.2) is 0 Å². The smallest absolute Gasteiger partial charge is 0.224 e. The summed E-state index contributed by atoms with van der Waals surface area (Å²) >= 11 is 12.1. The Hall–Kier alpha value is -1.71. The van der Waals surface area contributed by atoms with Crippen molar-refractivity contribution >= 4 is 29.1 Å². The fraction of sp³-hybridized carbons (Fsp3) is 0.188. The van der Waals surface area contributed by atoms with E-state index in [1.807, 2.05) is 24.3 Å². The van der Waals surface area contributed by atoms with Crippen LogP contribution < -0.4 is 10.1 Å². The van der Waals surface area contributed by atoms with Gasteiger partial charge in [-0.1, -0.05) is 41.4 Å². The SMILES string of the molecule is COc1cccc(CNC(=O)Cc2c(Cl)cccc2Cl)c1. The van der Waals surface area contributed by atoms with Gasteiger partial charge in [0.25, 0.3) is 0 Å². The topological polar surface area (TPSA) is 38.3 Å². The third-order valence-electron chi connectivity index (χ3n) is 3.02. The molecule has 21 heavy (non-hydrogen) atoms. The minimum atomic E-state index is -0.132. The Morgan fingerprint density at radius 1 is 1.14 bits per heavy atom. The van der Waals surface area contributed by atoms with Gasteiger partial charge in [-0.3, -0.25) is 4.79 Å². The number of hydrogen-bond donors (Lipinski definition) is 1. The Bertz CT molecular complexity index is 624. The van der Waals surface area contributed by atoms with Crippen molar-refractivity contribution in [2.24, 2.45) is 0 Å². The van der Waals surface area contributed by atoms with Gasteiger partial charge < -0.3 is 10.1 Å². The van der Waals surface area contributed by atoms with E-state index in [1.54, 1.807) is 25.3 Å². The fourth-order valence-electron chi connectivity index (χ4n) is 1.91. The summed E-state index contributed by atoms with van der Waals surface area (Å²) in [5.41, 5.74) is 1.61. The lowest BCUT2D eigenvalue weighted by atomic mass is 10.1. The Labute approximate surface area is 133 Å². The molecule has 3 nitrogen and oxygen atoms in total. The first-order valence-electron chi connectivity index (χ1n) is 6.42. The first-order chi connectivity index (χ1) is 10.1. The van der Waals surface area contributed by atoms with Crippen molar-refractivity contribution in [3.63, 3.8) is 0 Å². The minimum absolute atomic E-state index is 0.132. The zero-order valence-corrected chi connectivity index (χ0v) is 13.0. The van der Waals surface area contributed by atoms with E-state index in [1.165, 1.54) is 0 Å². The lowest BCUT2D eigenvalue weighted by Gasteiger charge is -2.09. The number of ether oxygens (including phenoxy) is 1. The molecule has 0 bridgehead atoms. The highest BCUT2D eigenvalue weighted by Gasteiger charge is 2.10. The summed E-state index contributed by atoms with van der Waals surface area (Å²) in [6.07, 6.45) is 0.155. The van der Waals surface area contributed by atoms with E-state index in [9.17, 15) is 4.79 Å². The van der Waals surface area contributed by atoms with Crippen molar-refractivity contribution in [2.45, 2.75) is 13.0 Å². The molecule has 0 aliphatic rings. The summed E-state index contributed by atoms with van der Waals surface area (Å²) in [4.78, 5) is 12.0. The highest BCUT2D eigenvalue weighted by Crippen LogP contribution is 2.24. The Balaban J connectivity index is 1.96. The van der Waals surface area contributed by atoms with Crippen molar-refractivity contribution in [1.82, 2.24) is 5.32 Å². The molecule has 0 unspecified atom stereocenters. The molecule has 2 aromatic carbocycles. The van der Waals surface area contributed by atoms with E-state index >= 15 is 0 Å². The van der Waals surface area contributed by atoms with Crippen LogP contribution in [0.1, 0.15) is 11.1 Å². The van der Waals surface area contributed by atoms with Crippen LogP contribution in [-0.2, 0) is 17.8 Å². The number of halogens is 2. The third-order valence-corrected chi connectivity index (χ3v) is 3.73. The second-order valence-corrected chi connectivity index (χ2v) is 5.32. The van der Waals surface area contributed by atoms with Crippen molar-refractivity contribution in [3.8, 4) is 5.75 Å². The maximum absolute atomic E-state index is 12.0. The zero-order chi connectivity index (χ0) is 15.2. The van der Waals surface area contributed by atoms with Gasteiger partial charge in [-0.15, -0.1) is 0 Å². The number of amides is 1. The monoisotopic (exact) mass is 323 g/mol. The number of rotatable bonds is 5. The number of benzene rings is 2. The molecule has 0 aliphatic carbocycles. The molecule has 0 radical (unpaired) electrons. The summed E-state index contributed by atoms with van der Waals surface area (Å²) in [5.74, 6) is 0.628. The highest BCUT2D eigenvalue weighted by atomic mass is 35.5. The van der Waals surface area contributed by atoms with E-state index in [4.69, 9.17) is 27.9 Å². The number of carbonyl (C=O) groups excluding carboxylic acids is 1. The Kier molecular flexibility index (Phi) is 5.48. The summed E-state index contributed by atoms with van der Waals surface area (Å²) in [5, 5.41) is 3.84. The highest BCUT2D eigenvalue weighted by molar-refractivity contribution is 6.36. The van der Waals surface area contributed by atoms with Crippen LogP contribution >= 0.6 is 23.2 Å². The second kappa shape index (κ2) is 7.34. The molecule has 0 heterocycles.